The first-order valence-corrected chi connectivity index (χ1v) is 4.94. The van der Waals surface area contributed by atoms with E-state index >= 15 is 0 Å². The van der Waals surface area contributed by atoms with E-state index in [1.54, 1.807) is 23.3 Å². The van der Waals surface area contributed by atoms with Gasteiger partial charge in [0.25, 0.3) is 0 Å². The van der Waals surface area contributed by atoms with Crippen LogP contribution in [0.25, 0.3) is 16.7 Å². The molecule has 0 fully saturated rings. The van der Waals surface area contributed by atoms with Crippen LogP contribution in [-0.4, -0.2) is 20.8 Å². The molecule has 0 bridgehead atoms. The summed E-state index contributed by atoms with van der Waals surface area (Å²) in [5.74, 6) is 0.758. The van der Waals surface area contributed by atoms with Gasteiger partial charge >= 0.3 is 0 Å². The number of H-pyrrole nitrogens is 1. The smallest absolute Gasteiger partial charge is 0.154 e. The number of aromatic nitrogens is 3. The second kappa shape index (κ2) is 3.34. The van der Waals surface area contributed by atoms with Crippen LogP contribution in [0.1, 0.15) is 10.4 Å². The van der Waals surface area contributed by atoms with Crippen molar-refractivity contribution >= 4 is 17.2 Å². The van der Waals surface area contributed by atoms with Crippen LogP contribution in [-0.2, 0) is 0 Å². The molecule has 0 radical (unpaired) electrons. The summed E-state index contributed by atoms with van der Waals surface area (Å²) in [7, 11) is 0. The fourth-order valence-electron chi connectivity index (χ4n) is 1.86. The van der Waals surface area contributed by atoms with Crippen molar-refractivity contribution in [1.29, 1.82) is 0 Å². The summed E-state index contributed by atoms with van der Waals surface area (Å²) < 4.78 is 1.80. The van der Waals surface area contributed by atoms with E-state index in [2.05, 4.69) is 9.97 Å². The number of imidazole rings is 1. The maximum atomic E-state index is 11.1. The van der Waals surface area contributed by atoms with E-state index in [-0.39, 0.29) is 0 Å². The molecular weight excluding hydrogens is 202 g/mol. The van der Waals surface area contributed by atoms with Gasteiger partial charge in [0.1, 0.15) is 12.1 Å². The van der Waals surface area contributed by atoms with Crippen molar-refractivity contribution in [3.8, 4) is 5.82 Å². The molecule has 0 saturated carbocycles. The van der Waals surface area contributed by atoms with E-state index in [1.165, 1.54) is 0 Å². The fourth-order valence-corrected chi connectivity index (χ4v) is 1.86. The molecule has 2 heterocycles. The molecule has 3 rings (SSSR count). The topological polar surface area (TPSA) is 50.7 Å². The maximum absolute atomic E-state index is 11.1. The summed E-state index contributed by atoms with van der Waals surface area (Å²) in [5.41, 5.74) is 1.61. The predicted molar refractivity (Wildman–Crippen MR) is 60.8 cm³/mol. The molecule has 1 N–H and O–H groups in total. The second-order valence-corrected chi connectivity index (χ2v) is 3.52. The molecule has 3 aromatic rings. The lowest BCUT2D eigenvalue weighted by Crippen LogP contribution is -1.94. The van der Waals surface area contributed by atoms with Gasteiger partial charge < -0.3 is 4.98 Å². The Morgan fingerprint density at radius 2 is 2.19 bits per heavy atom. The number of hydrogen-bond donors (Lipinski definition) is 1. The van der Waals surface area contributed by atoms with Gasteiger partial charge in [-0.2, -0.15) is 0 Å². The molecule has 0 aliphatic carbocycles. The highest BCUT2D eigenvalue weighted by Gasteiger charge is 2.10. The molecule has 0 spiro atoms. The Kier molecular flexibility index (Phi) is 1.86. The molecule has 16 heavy (non-hydrogen) atoms. The van der Waals surface area contributed by atoms with E-state index in [1.807, 2.05) is 24.3 Å². The van der Waals surface area contributed by atoms with Crippen molar-refractivity contribution < 1.29 is 4.79 Å². The number of hydrogen-bond acceptors (Lipinski definition) is 2. The van der Waals surface area contributed by atoms with Crippen LogP contribution in [0.5, 0.6) is 0 Å². The molecule has 78 valence electrons. The minimum atomic E-state index is 0.661. The molecule has 4 nitrogen and oxygen atoms in total. The average molecular weight is 211 g/mol. The van der Waals surface area contributed by atoms with Gasteiger partial charge in [-0.05, 0) is 6.07 Å². The van der Waals surface area contributed by atoms with Gasteiger partial charge in [-0.15, -0.1) is 0 Å². The zero-order chi connectivity index (χ0) is 11.0. The molecule has 4 heteroatoms. The number of para-hydroxylation sites is 1. The first-order chi connectivity index (χ1) is 7.90. The van der Waals surface area contributed by atoms with Crippen LogP contribution in [0, 0.1) is 0 Å². The van der Waals surface area contributed by atoms with Crippen LogP contribution in [0.15, 0.2) is 43.0 Å². The number of fused-ring (bicyclic) bond motifs is 1. The average Bonchev–Trinajstić information content (AvgIpc) is 2.95. The molecule has 2 aromatic heterocycles. The zero-order valence-electron chi connectivity index (χ0n) is 8.42. The lowest BCUT2D eigenvalue weighted by Gasteiger charge is -1.98. The Labute approximate surface area is 91.5 Å². The van der Waals surface area contributed by atoms with Gasteiger partial charge in [0, 0.05) is 23.3 Å². The predicted octanol–water partition coefficient (Wildman–Crippen LogP) is 2.17. The SMILES string of the molecule is O=Cc1c(-n2ccnc2)[nH]c2ccccc12. The summed E-state index contributed by atoms with van der Waals surface area (Å²) >= 11 is 0. The van der Waals surface area contributed by atoms with Crippen molar-refractivity contribution in [3.05, 3.63) is 48.5 Å². The summed E-state index contributed by atoms with van der Waals surface area (Å²) in [5, 5.41) is 0.932. The third kappa shape index (κ3) is 1.16. The lowest BCUT2D eigenvalue weighted by atomic mass is 10.2. The number of aldehydes is 1. The Morgan fingerprint density at radius 1 is 1.31 bits per heavy atom. The Morgan fingerprint density at radius 3 is 2.94 bits per heavy atom. The van der Waals surface area contributed by atoms with Crippen LogP contribution < -0.4 is 0 Å². The number of rotatable bonds is 2. The number of aromatic amines is 1. The minimum Gasteiger partial charge on any atom is -0.340 e. The van der Waals surface area contributed by atoms with Crippen molar-refractivity contribution in [2.75, 3.05) is 0 Å². The Bertz CT molecular complexity index is 637. The fraction of sp³-hybridized carbons (Fsp3) is 0. The Hall–Kier alpha value is -2.36. The van der Waals surface area contributed by atoms with Crippen molar-refractivity contribution in [1.82, 2.24) is 14.5 Å². The van der Waals surface area contributed by atoms with Crippen LogP contribution in [0.3, 0.4) is 0 Å². The van der Waals surface area contributed by atoms with E-state index in [0.717, 1.165) is 23.0 Å². The molecule has 0 aliphatic rings. The maximum Gasteiger partial charge on any atom is 0.154 e. The van der Waals surface area contributed by atoms with E-state index in [0.29, 0.717) is 5.56 Å². The standard InChI is InChI=1S/C12H9N3O/c16-7-10-9-3-1-2-4-11(9)14-12(10)15-6-5-13-8-15/h1-8,14H. The van der Waals surface area contributed by atoms with Gasteiger partial charge in [-0.3, -0.25) is 9.36 Å². The van der Waals surface area contributed by atoms with Crippen molar-refractivity contribution in [3.63, 3.8) is 0 Å². The molecule has 1 aromatic carbocycles. The second-order valence-electron chi connectivity index (χ2n) is 3.52. The van der Waals surface area contributed by atoms with Gasteiger partial charge in [-0.1, -0.05) is 18.2 Å². The monoisotopic (exact) mass is 211 g/mol. The molecule has 0 aliphatic heterocycles. The highest BCUT2D eigenvalue weighted by Crippen LogP contribution is 2.23. The molecular formula is C12H9N3O. The summed E-state index contributed by atoms with van der Waals surface area (Å²) in [6.45, 7) is 0. The number of carbonyl (C=O) groups is 1. The largest absolute Gasteiger partial charge is 0.340 e. The molecule has 0 atom stereocenters. The van der Waals surface area contributed by atoms with Crippen LogP contribution >= 0.6 is 0 Å². The third-order valence-electron chi connectivity index (χ3n) is 2.61. The molecule has 0 unspecified atom stereocenters. The first kappa shape index (κ1) is 8.91. The number of nitrogens with one attached hydrogen (secondary N) is 1. The summed E-state index contributed by atoms with van der Waals surface area (Å²) in [6.07, 6.45) is 6.02. The van der Waals surface area contributed by atoms with Crippen LogP contribution in [0.4, 0.5) is 0 Å². The lowest BCUT2D eigenvalue weighted by molar-refractivity contribution is 0.112. The van der Waals surface area contributed by atoms with Gasteiger partial charge in [0.05, 0.1) is 5.56 Å². The quantitative estimate of drug-likeness (QED) is 0.660. The molecule has 0 amide bonds. The number of nitrogens with zero attached hydrogens (tertiary/aromatic N) is 2. The van der Waals surface area contributed by atoms with Gasteiger partial charge in [-0.25, -0.2) is 4.98 Å². The number of carbonyl (C=O) groups excluding carboxylic acids is 1. The highest BCUT2D eigenvalue weighted by atomic mass is 16.1. The van der Waals surface area contributed by atoms with E-state index < -0.39 is 0 Å². The summed E-state index contributed by atoms with van der Waals surface area (Å²) in [4.78, 5) is 18.3. The molecule has 0 saturated heterocycles. The van der Waals surface area contributed by atoms with Gasteiger partial charge in [0.15, 0.2) is 6.29 Å². The zero-order valence-corrected chi connectivity index (χ0v) is 8.42. The third-order valence-corrected chi connectivity index (χ3v) is 2.61. The normalized spacial score (nSPS) is 10.8. The van der Waals surface area contributed by atoms with Crippen molar-refractivity contribution in [2.24, 2.45) is 0 Å². The Balaban J connectivity index is 2.37. The van der Waals surface area contributed by atoms with E-state index in [9.17, 15) is 4.79 Å². The summed E-state index contributed by atoms with van der Waals surface area (Å²) in [6, 6.07) is 7.73. The van der Waals surface area contributed by atoms with Gasteiger partial charge in [0.2, 0.25) is 0 Å². The highest BCUT2D eigenvalue weighted by molar-refractivity contribution is 6.01. The van der Waals surface area contributed by atoms with E-state index in [4.69, 9.17) is 0 Å². The van der Waals surface area contributed by atoms with Crippen molar-refractivity contribution in [2.45, 2.75) is 0 Å². The van der Waals surface area contributed by atoms with Crippen LogP contribution in [0.2, 0.25) is 0 Å². The first-order valence-electron chi connectivity index (χ1n) is 4.94. The number of benzene rings is 1. The minimum absolute atomic E-state index is 0.661.